The first-order valence-corrected chi connectivity index (χ1v) is 7.49. The molecule has 2 amide bonds. The number of nitrogens with zero attached hydrogens (tertiary/aromatic N) is 3. The lowest BCUT2D eigenvalue weighted by atomic mass is 10.3. The van der Waals surface area contributed by atoms with E-state index in [4.69, 9.17) is 23.2 Å². The number of benzene rings is 1. The number of rotatable bonds is 4. The lowest BCUT2D eigenvalue weighted by molar-refractivity contribution is -0.138. The van der Waals surface area contributed by atoms with Crippen molar-refractivity contribution in [2.75, 3.05) is 18.4 Å². The molecule has 1 aliphatic rings. The van der Waals surface area contributed by atoms with Crippen molar-refractivity contribution in [2.45, 2.75) is 12.8 Å². The van der Waals surface area contributed by atoms with Gasteiger partial charge in [0.25, 0.3) is 0 Å². The van der Waals surface area contributed by atoms with Gasteiger partial charge in [-0.15, -0.1) is 0 Å². The third-order valence-corrected chi connectivity index (χ3v) is 4.10. The molecule has 1 saturated heterocycles. The Morgan fingerprint density at radius 3 is 2.41 bits per heavy atom. The van der Waals surface area contributed by atoms with Crippen LogP contribution in [0.1, 0.15) is 12.8 Å². The maximum absolute atomic E-state index is 11.5. The van der Waals surface area contributed by atoms with Gasteiger partial charge >= 0.3 is 0 Å². The van der Waals surface area contributed by atoms with Gasteiger partial charge in [-0.25, -0.2) is 4.98 Å². The van der Waals surface area contributed by atoms with E-state index in [1.165, 1.54) is 4.90 Å². The highest BCUT2D eigenvalue weighted by Gasteiger charge is 2.27. The smallest absolute Gasteiger partial charge is 0.229 e. The summed E-state index contributed by atoms with van der Waals surface area (Å²) in [5.41, 5.74) is 1.26. The molecule has 3 rings (SSSR count). The van der Waals surface area contributed by atoms with E-state index in [0.29, 0.717) is 52.8 Å². The zero-order valence-corrected chi connectivity index (χ0v) is 13.0. The number of imide groups is 1. The Bertz CT molecular complexity index is 750. The molecule has 1 fully saturated rings. The number of fused-ring (bicyclic) bond motifs is 1. The standard InChI is InChI=1S/C14H12Cl2N4O2/c15-8-5-10-11(6-9(8)16)19-12(7-18-10)17-3-4-20-13(21)1-2-14(20)22/h5-7H,1-4H2,(H,17,19). The van der Waals surface area contributed by atoms with Crippen molar-refractivity contribution in [1.29, 1.82) is 0 Å². The molecule has 6 nitrogen and oxygen atoms in total. The van der Waals surface area contributed by atoms with Crippen molar-refractivity contribution >= 4 is 51.9 Å². The van der Waals surface area contributed by atoms with Crippen LogP contribution in [-0.2, 0) is 9.59 Å². The van der Waals surface area contributed by atoms with Gasteiger partial charge < -0.3 is 5.32 Å². The Labute approximate surface area is 136 Å². The number of carbonyl (C=O) groups is 2. The summed E-state index contributed by atoms with van der Waals surface area (Å²) in [5, 5.41) is 3.88. The maximum Gasteiger partial charge on any atom is 0.229 e. The fourth-order valence-corrected chi connectivity index (χ4v) is 2.58. The Morgan fingerprint density at radius 2 is 1.73 bits per heavy atom. The topological polar surface area (TPSA) is 75.2 Å². The van der Waals surface area contributed by atoms with Crippen LogP contribution in [0.5, 0.6) is 0 Å². The van der Waals surface area contributed by atoms with Crippen LogP contribution in [0, 0.1) is 0 Å². The first kappa shape index (κ1) is 15.0. The molecule has 22 heavy (non-hydrogen) atoms. The van der Waals surface area contributed by atoms with Gasteiger partial charge in [0.1, 0.15) is 5.82 Å². The van der Waals surface area contributed by atoms with Crippen LogP contribution >= 0.6 is 23.2 Å². The third-order valence-electron chi connectivity index (χ3n) is 3.38. The second-order valence-electron chi connectivity index (χ2n) is 4.88. The largest absolute Gasteiger partial charge is 0.367 e. The summed E-state index contributed by atoms with van der Waals surface area (Å²) in [5.74, 6) is 0.292. The molecule has 0 bridgehead atoms. The minimum atomic E-state index is -0.127. The lowest BCUT2D eigenvalue weighted by Gasteiger charge is -2.14. The molecule has 0 atom stereocenters. The number of nitrogens with one attached hydrogen (secondary N) is 1. The molecule has 0 saturated carbocycles. The SMILES string of the molecule is O=C1CCC(=O)N1CCNc1cnc2cc(Cl)c(Cl)cc2n1. The van der Waals surface area contributed by atoms with E-state index < -0.39 is 0 Å². The number of likely N-dealkylation sites (tertiary alicyclic amines) is 1. The number of anilines is 1. The Balaban J connectivity index is 1.68. The molecule has 1 aliphatic heterocycles. The highest BCUT2D eigenvalue weighted by molar-refractivity contribution is 6.42. The van der Waals surface area contributed by atoms with Crippen LogP contribution in [-0.4, -0.2) is 39.8 Å². The maximum atomic E-state index is 11.5. The Hall–Kier alpha value is -1.92. The van der Waals surface area contributed by atoms with E-state index in [1.54, 1.807) is 18.3 Å². The van der Waals surface area contributed by atoms with Crippen molar-refractivity contribution in [3.05, 3.63) is 28.4 Å². The Morgan fingerprint density at radius 1 is 1.09 bits per heavy atom. The summed E-state index contributed by atoms with van der Waals surface area (Å²) in [7, 11) is 0. The molecule has 1 aromatic heterocycles. The van der Waals surface area contributed by atoms with E-state index in [9.17, 15) is 9.59 Å². The molecule has 0 radical (unpaired) electrons. The highest BCUT2D eigenvalue weighted by atomic mass is 35.5. The number of carbonyl (C=O) groups excluding carboxylic acids is 2. The predicted molar refractivity (Wildman–Crippen MR) is 84.0 cm³/mol. The average molecular weight is 339 g/mol. The summed E-state index contributed by atoms with van der Waals surface area (Å²) < 4.78 is 0. The fourth-order valence-electron chi connectivity index (χ4n) is 2.26. The van der Waals surface area contributed by atoms with Gasteiger partial charge in [0.15, 0.2) is 0 Å². The summed E-state index contributed by atoms with van der Waals surface area (Å²) in [4.78, 5) is 32.9. The molecule has 114 valence electrons. The van der Waals surface area contributed by atoms with Crippen LogP contribution in [0.4, 0.5) is 5.82 Å². The van der Waals surface area contributed by atoms with Gasteiger partial charge in [0, 0.05) is 25.9 Å². The molecule has 0 unspecified atom stereocenters. The molecule has 0 aliphatic carbocycles. The molecule has 8 heteroatoms. The Kier molecular flexibility index (Phi) is 4.13. The van der Waals surface area contributed by atoms with E-state index in [2.05, 4.69) is 15.3 Å². The van der Waals surface area contributed by atoms with Gasteiger partial charge in [-0.1, -0.05) is 23.2 Å². The average Bonchev–Trinajstić information content (AvgIpc) is 2.80. The monoisotopic (exact) mass is 338 g/mol. The quantitative estimate of drug-likeness (QED) is 0.867. The normalized spacial score (nSPS) is 14.9. The van der Waals surface area contributed by atoms with Crippen LogP contribution in [0.2, 0.25) is 10.0 Å². The number of hydrogen-bond acceptors (Lipinski definition) is 5. The van der Waals surface area contributed by atoms with Gasteiger partial charge in [0.2, 0.25) is 11.8 Å². The molecular weight excluding hydrogens is 327 g/mol. The van der Waals surface area contributed by atoms with Crippen LogP contribution < -0.4 is 5.32 Å². The van der Waals surface area contributed by atoms with E-state index >= 15 is 0 Å². The van der Waals surface area contributed by atoms with Gasteiger partial charge in [0.05, 0.1) is 27.3 Å². The van der Waals surface area contributed by atoms with E-state index in [-0.39, 0.29) is 11.8 Å². The van der Waals surface area contributed by atoms with Crippen molar-refractivity contribution < 1.29 is 9.59 Å². The number of amides is 2. The minimum absolute atomic E-state index is 0.127. The second-order valence-corrected chi connectivity index (χ2v) is 5.69. The highest BCUT2D eigenvalue weighted by Crippen LogP contribution is 2.26. The predicted octanol–water partition coefficient (Wildman–Crippen LogP) is 2.50. The number of halogens is 2. The van der Waals surface area contributed by atoms with Gasteiger partial charge in [-0.2, -0.15) is 0 Å². The molecular formula is C14H12Cl2N4O2. The fraction of sp³-hybridized carbons (Fsp3) is 0.286. The molecule has 2 aromatic rings. The third kappa shape index (κ3) is 2.98. The van der Waals surface area contributed by atoms with Crippen molar-refractivity contribution in [3.63, 3.8) is 0 Å². The van der Waals surface area contributed by atoms with Crippen molar-refractivity contribution in [1.82, 2.24) is 14.9 Å². The van der Waals surface area contributed by atoms with Crippen LogP contribution in [0.25, 0.3) is 11.0 Å². The molecule has 2 heterocycles. The zero-order valence-electron chi connectivity index (χ0n) is 11.5. The number of aromatic nitrogens is 2. The first-order valence-electron chi connectivity index (χ1n) is 6.73. The van der Waals surface area contributed by atoms with E-state index in [1.807, 2.05) is 0 Å². The summed E-state index contributed by atoms with van der Waals surface area (Å²) >= 11 is 11.9. The van der Waals surface area contributed by atoms with E-state index in [0.717, 1.165) is 0 Å². The summed E-state index contributed by atoms with van der Waals surface area (Å²) in [6.45, 7) is 0.734. The molecule has 1 aromatic carbocycles. The summed E-state index contributed by atoms with van der Waals surface area (Å²) in [6, 6.07) is 3.29. The minimum Gasteiger partial charge on any atom is -0.367 e. The molecule has 1 N–H and O–H groups in total. The first-order chi connectivity index (χ1) is 10.5. The van der Waals surface area contributed by atoms with Gasteiger partial charge in [-0.05, 0) is 12.1 Å². The van der Waals surface area contributed by atoms with Crippen molar-refractivity contribution in [2.24, 2.45) is 0 Å². The van der Waals surface area contributed by atoms with Crippen LogP contribution in [0.3, 0.4) is 0 Å². The second kappa shape index (κ2) is 6.06. The number of hydrogen-bond donors (Lipinski definition) is 1. The lowest BCUT2D eigenvalue weighted by Crippen LogP contribution is -2.33. The van der Waals surface area contributed by atoms with Gasteiger partial charge in [-0.3, -0.25) is 19.5 Å². The zero-order chi connectivity index (χ0) is 15.7. The summed E-state index contributed by atoms with van der Waals surface area (Å²) in [6.07, 6.45) is 2.17. The van der Waals surface area contributed by atoms with Crippen LogP contribution in [0.15, 0.2) is 18.3 Å². The van der Waals surface area contributed by atoms with Crippen molar-refractivity contribution in [3.8, 4) is 0 Å². The molecule has 0 spiro atoms.